The Balaban J connectivity index is 1.82. The number of alkyl halides is 1. The van der Waals surface area contributed by atoms with Crippen LogP contribution >= 0.6 is 23.2 Å². The fraction of sp³-hybridized carbons (Fsp3) is 0.500. The molecular weight excluding hydrogens is 299 g/mol. The third-order valence-electron chi connectivity index (χ3n) is 3.17. The molecule has 1 aliphatic rings. The number of carbonyl (C=O) groups is 1. The highest BCUT2D eigenvalue weighted by Crippen LogP contribution is 2.14. The molecule has 0 aliphatic carbocycles. The van der Waals surface area contributed by atoms with E-state index in [0.29, 0.717) is 13.2 Å². The van der Waals surface area contributed by atoms with Crippen molar-refractivity contribution in [2.45, 2.75) is 12.6 Å². The number of hydrogen-bond acceptors (Lipinski definition) is 3. The van der Waals surface area contributed by atoms with Crippen molar-refractivity contribution < 1.29 is 9.53 Å². The molecule has 0 radical (unpaired) electrons. The number of rotatable bonds is 5. The Morgan fingerprint density at radius 3 is 3.10 bits per heavy atom. The lowest BCUT2D eigenvalue weighted by Gasteiger charge is -2.33. The molecule has 0 spiro atoms. The van der Waals surface area contributed by atoms with Gasteiger partial charge in [0.15, 0.2) is 0 Å². The van der Waals surface area contributed by atoms with Crippen molar-refractivity contribution in [3.63, 3.8) is 0 Å². The summed E-state index contributed by atoms with van der Waals surface area (Å²) in [5.41, 5.74) is 1.18. The highest BCUT2D eigenvalue weighted by molar-refractivity contribution is 6.30. The van der Waals surface area contributed by atoms with E-state index >= 15 is 0 Å². The minimum atomic E-state index is -0.165. The monoisotopic (exact) mass is 316 g/mol. The second-order valence-corrected chi connectivity index (χ2v) is 5.50. The molecule has 6 heteroatoms. The van der Waals surface area contributed by atoms with Gasteiger partial charge in [-0.25, -0.2) is 0 Å². The van der Waals surface area contributed by atoms with Crippen molar-refractivity contribution in [1.82, 2.24) is 10.2 Å². The van der Waals surface area contributed by atoms with E-state index in [-0.39, 0.29) is 17.9 Å². The summed E-state index contributed by atoms with van der Waals surface area (Å²) in [6.07, 6.45) is 0.00935. The summed E-state index contributed by atoms with van der Waals surface area (Å²) in [4.78, 5) is 13.4. The van der Waals surface area contributed by atoms with Gasteiger partial charge in [-0.3, -0.25) is 9.69 Å². The van der Waals surface area contributed by atoms with Crippen LogP contribution in [0.3, 0.4) is 0 Å². The van der Waals surface area contributed by atoms with Crippen molar-refractivity contribution in [3.8, 4) is 0 Å². The van der Waals surface area contributed by atoms with E-state index in [1.807, 2.05) is 18.2 Å². The molecule has 0 unspecified atom stereocenters. The van der Waals surface area contributed by atoms with Crippen LogP contribution in [0, 0.1) is 0 Å². The first-order valence-electron chi connectivity index (χ1n) is 6.58. The van der Waals surface area contributed by atoms with Crippen LogP contribution in [0.4, 0.5) is 0 Å². The summed E-state index contributed by atoms with van der Waals surface area (Å²) in [6, 6.07) is 7.86. The zero-order valence-corrected chi connectivity index (χ0v) is 12.7. The molecule has 1 aromatic rings. The summed E-state index contributed by atoms with van der Waals surface area (Å²) in [5, 5.41) is 3.50. The van der Waals surface area contributed by atoms with Gasteiger partial charge in [0.05, 0.1) is 12.7 Å². The number of nitrogens with one attached hydrogen (secondary N) is 1. The molecule has 1 saturated heterocycles. The molecule has 1 N–H and O–H groups in total. The highest BCUT2D eigenvalue weighted by atomic mass is 35.5. The van der Waals surface area contributed by atoms with Gasteiger partial charge in [-0.05, 0) is 17.7 Å². The Bertz CT molecular complexity index is 457. The first-order valence-corrected chi connectivity index (χ1v) is 7.49. The maximum absolute atomic E-state index is 11.1. The summed E-state index contributed by atoms with van der Waals surface area (Å²) in [6.45, 7) is 3.67. The zero-order chi connectivity index (χ0) is 14.4. The molecule has 4 nitrogen and oxygen atoms in total. The number of hydrogen-bond donors (Lipinski definition) is 1. The van der Waals surface area contributed by atoms with E-state index in [4.69, 9.17) is 27.9 Å². The van der Waals surface area contributed by atoms with E-state index < -0.39 is 0 Å². The predicted molar refractivity (Wildman–Crippen MR) is 80.2 cm³/mol. The second kappa shape index (κ2) is 7.84. The van der Waals surface area contributed by atoms with Crippen molar-refractivity contribution >= 4 is 29.1 Å². The Labute approximate surface area is 129 Å². The lowest BCUT2D eigenvalue weighted by Crippen LogP contribution is -2.47. The number of halogens is 2. The van der Waals surface area contributed by atoms with Crippen LogP contribution in [0.5, 0.6) is 0 Å². The molecule has 1 heterocycles. The van der Waals surface area contributed by atoms with Crippen LogP contribution in [0.2, 0.25) is 5.02 Å². The van der Waals surface area contributed by atoms with Crippen LogP contribution in [0.1, 0.15) is 5.56 Å². The third kappa shape index (κ3) is 4.94. The average Bonchev–Trinajstić information content (AvgIpc) is 2.45. The van der Waals surface area contributed by atoms with Crippen LogP contribution in [0.15, 0.2) is 24.3 Å². The fourth-order valence-electron chi connectivity index (χ4n) is 2.22. The standard InChI is InChI=1S/C14H18Cl2N2O2/c15-7-14(19)17-8-13-10-18(4-5-20-13)9-11-2-1-3-12(16)6-11/h1-3,6,13H,4-5,7-10H2,(H,17,19)/t13-/m0/s1. The minimum Gasteiger partial charge on any atom is -0.374 e. The van der Waals surface area contributed by atoms with E-state index in [0.717, 1.165) is 24.7 Å². The summed E-state index contributed by atoms with van der Waals surface area (Å²) in [7, 11) is 0. The number of benzene rings is 1. The summed E-state index contributed by atoms with van der Waals surface area (Å²) < 4.78 is 5.64. The number of morpholine rings is 1. The zero-order valence-electron chi connectivity index (χ0n) is 11.1. The van der Waals surface area contributed by atoms with Gasteiger partial charge < -0.3 is 10.1 Å². The van der Waals surface area contributed by atoms with Crippen molar-refractivity contribution in [1.29, 1.82) is 0 Å². The number of carbonyl (C=O) groups excluding carboxylic acids is 1. The quantitative estimate of drug-likeness (QED) is 0.844. The number of nitrogens with zero attached hydrogens (tertiary/aromatic N) is 1. The molecule has 20 heavy (non-hydrogen) atoms. The Kier molecular flexibility index (Phi) is 6.10. The lowest BCUT2D eigenvalue weighted by atomic mass is 10.2. The molecule has 110 valence electrons. The average molecular weight is 317 g/mol. The Morgan fingerprint density at radius 2 is 2.35 bits per heavy atom. The minimum absolute atomic E-state index is 0.00935. The van der Waals surface area contributed by atoms with Crippen molar-refractivity contribution in [2.75, 3.05) is 32.1 Å². The maximum Gasteiger partial charge on any atom is 0.235 e. The van der Waals surface area contributed by atoms with Gasteiger partial charge in [-0.15, -0.1) is 11.6 Å². The van der Waals surface area contributed by atoms with Gasteiger partial charge in [0.1, 0.15) is 5.88 Å². The van der Waals surface area contributed by atoms with Crippen LogP contribution < -0.4 is 5.32 Å². The predicted octanol–water partition coefficient (Wildman–Crippen LogP) is 1.90. The van der Waals surface area contributed by atoms with Gasteiger partial charge in [0.25, 0.3) is 0 Å². The normalized spacial score (nSPS) is 19.8. The van der Waals surface area contributed by atoms with E-state index in [1.165, 1.54) is 5.56 Å². The number of amides is 1. The van der Waals surface area contributed by atoms with E-state index in [2.05, 4.69) is 16.3 Å². The summed E-state index contributed by atoms with van der Waals surface area (Å²) in [5.74, 6) is -0.180. The van der Waals surface area contributed by atoms with Gasteiger partial charge in [-0.2, -0.15) is 0 Å². The van der Waals surface area contributed by atoms with Gasteiger partial charge >= 0.3 is 0 Å². The lowest BCUT2D eigenvalue weighted by molar-refractivity contribution is -0.119. The highest BCUT2D eigenvalue weighted by Gasteiger charge is 2.20. The molecule has 1 amide bonds. The molecule has 1 fully saturated rings. The first kappa shape index (κ1) is 15.6. The smallest absolute Gasteiger partial charge is 0.235 e. The van der Waals surface area contributed by atoms with Gasteiger partial charge in [0, 0.05) is 31.2 Å². The molecule has 0 bridgehead atoms. The number of ether oxygens (including phenoxy) is 1. The second-order valence-electron chi connectivity index (χ2n) is 4.80. The Morgan fingerprint density at radius 1 is 1.50 bits per heavy atom. The maximum atomic E-state index is 11.1. The third-order valence-corrected chi connectivity index (χ3v) is 3.64. The van der Waals surface area contributed by atoms with E-state index in [9.17, 15) is 4.79 Å². The Hall–Kier alpha value is -0.810. The van der Waals surface area contributed by atoms with Gasteiger partial charge in [-0.1, -0.05) is 23.7 Å². The molecule has 1 aliphatic heterocycles. The SMILES string of the molecule is O=C(CCl)NC[C@H]1CN(Cc2cccc(Cl)c2)CCO1. The van der Waals surface area contributed by atoms with Crippen molar-refractivity contribution in [2.24, 2.45) is 0 Å². The molecule has 2 rings (SSSR count). The van der Waals surface area contributed by atoms with E-state index in [1.54, 1.807) is 0 Å². The fourth-order valence-corrected chi connectivity index (χ4v) is 2.52. The molecule has 0 aromatic heterocycles. The molecule has 1 aromatic carbocycles. The molecular formula is C14H18Cl2N2O2. The topological polar surface area (TPSA) is 41.6 Å². The van der Waals surface area contributed by atoms with Crippen molar-refractivity contribution in [3.05, 3.63) is 34.9 Å². The van der Waals surface area contributed by atoms with Crippen LogP contribution in [-0.2, 0) is 16.1 Å². The first-order chi connectivity index (χ1) is 9.67. The van der Waals surface area contributed by atoms with Gasteiger partial charge in [0.2, 0.25) is 5.91 Å². The van der Waals surface area contributed by atoms with Crippen LogP contribution in [0.25, 0.3) is 0 Å². The summed E-state index contributed by atoms with van der Waals surface area (Å²) >= 11 is 11.4. The molecule has 0 saturated carbocycles. The van der Waals surface area contributed by atoms with Crippen LogP contribution in [-0.4, -0.2) is 49.0 Å². The molecule has 1 atom stereocenters. The largest absolute Gasteiger partial charge is 0.374 e.